The molecule has 0 saturated heterocycles. The molecule has 0 spiro atoms. The maximum absolute atomic E-state index is 4.36. The number of rotatable bonds is 5. The Morgan fingerprint density at radius 2 is 2.06 bits per heavy atom. The first-order chi connectivity index (χ1) is 8.29. The van der Waals surface area contributed by atoms with Gasteiger partial charge >= 0.3 is 0 Å². The molecular weight excluding hydrogens is 228 g/mol. The smallest absolute Gasteiger partial charge is 0.0795 e. The fourth-order valence-corrected chi connectivity index (χ4v) is 3.38. The second kappa shape index (κ2) is 6.50. The van der Waals surface area contributed by atoms with E-state index in [1.165, 1.54) is 37.8 Å². The second-order valence-electron chi connectivity index (χ2n) is 5.34. The van der Waals surface area contributed by atoms with E-state index in [1.54, 1.807) is 11.3 Å². The predicted octanol–water partition coefficient (Wildman–Crippen LogP) is 4.01. The summed E-state index contributed by atoms with van der Waals surface area (Å²) in [4.78, 5) is 4.36. The first-order valence-corrected chi connectivity index (χ1v) is 7.85. The van der Waals surface area contributed by atoms with Gasteiger partial charge in [0.05, 0.1) is 11.2 Å². The van der Waals surface area contributed by atoms with Crippen LogP contribution in [0.15, 0.2) is 10.9 Å². The van der Waals surface area contributed by atoms with E-state index in [9.17, 15) is 0 Å². The van der Waals surface area contributed by atoms with Crippen LogP contribution in [0, 0.1) is 11.8 Å². The minimum Gasteiger partial charge on any atom is -0.309 e. The van der Waals surface area contributed by atoms with Crippen LogP contribution < -0.4 is 5.32 Å². The van der Waals surface area contributed by atoms with Gasteiger partial charge in [0.15, 0.2) is 0 Å². The molecule has 1 aliphatic rings. The molecule has 2 rings (SSSR count). The quantitative estimate of drug-likeness (QED) is 0.856. The van der Waals surface area contributed by atoms with Gasteiger partial charge in [0.2, 0.25) is 0 Å². The average molecular weight is 252 g/mol. The highest BCUT2D eigenvalue weighted by Gasteiger charge is 2.20. The topological polar surface area (TPSA) is 24.9 Å². The number of thiazole rings is 1. The number of nitrogens with zero attached hydrogens (tertiary/aromatic N) is 1. The molecule has 1 heterocycles. The highest BCUT2D eigenvalue weighted by Crippen LogP contribution is 2.30. The van der Waals surface area contributed by atoms with Crippen molar-refractivity contribution in [2.45, 2.75) is 52.0 Å². The van der Waals surface area contributed by atoms with E-state index in [0.717, 1.165) is 18.4 Å². The SMILES string of the molecule is CCC1CCC(CNC(C)c2cscn2)CC1. The Morgan fingerprint density at radius 1 is 1.35 bits per heavy atom. The highest BCUT2D eigenvalue weighted by molar-refractivity contribution is 7.07. The molecule has 1 unspecified atom stereocenters. The summed E-state index contributed by atoms with van der Waals surface area (Å²) in [5.41, 5.74) is 3.11. The van der Waals surface area contributed by atoms with E-state index < -0.39 is 0 Å². The summed E-state index contributed by atoms with van der Waals surface area (Å²) >= 11 is 1.68. The highest BCUT2D eigenvalue weighted by atomic mass is 32.1. The number of hydrogen-bond acceptors (Lipinski definition) is 3. The van der Waals surface area contributed by atoms with Crippen LogP contribution in [0.3, 0.4) is 0 Å². The van der Waals surface area contributed by atoms with E-state index >= 15 is 0 Å². The summed E-state index contributed by atoms with van der Waals surface area (Å²) in [6.45, 7) is 5.70. The minimum atomic E-state index is 0.408. The monoisotopic (exact) mass is 252 g/mol. The Morgan fingerprint density at radius 3 is 2.65 bits per heavy atom. The molecule has 2 nitrogen and oxygen atoms in total. The number of aromatic nitrogens is 1. The molecule has 1 aromatic rings. The van der Waals surface area contributed by atoms with Crippen LogP contribution in [0.1, 0.15) is 57.7 Å². The lowest BCUT2D eigenvalue weighted by molar-refractivity contribution is 0.258. The van der Waals surface area contributed by atoms with Gasteiger partial charge in [-0.3, -0.25) is 0 Å². The summed E-state index contributed by atoms with van der Waals surface area (Å²) in [6.07, 6.45) is 7.07. The zero-order chi connectivity index (χ0) is 12.1. The third kappa shape index (κ3) is 3.78. The molecule has 1 saturated carbocycles. The average Bonchev–Trinajstić information content (AvgIpc) is 2.90. The molecule has 1 aliphatic carbocycles. The summed E-state index contributed by atoms with van der Waals surface area (Å²) in [7, 11) is 0. The van der Waals surface area contributed by atoms with Crippen molar-refractivity contribution in [3.8, 4) is 0 Å². The molecule has 0 radical (unpaired) electrons. The van der Waals surface area contributed by atoms with Gasteiger partial charge in [-0.15, -0.1) is 11.3 Å². The van der Waals surface area contributed by atoms with Gasteiger partial charge in [0.1, 0.15) is 0 Å². The van der Waals surface area contributed by atoms with Crippen molar-refractivity contribution < 1.29 is 0 Å². The molecular formula is C14H24N2S. The third-order valence-electron chi connectivity index (χ3n) is 4.15. The zero-order valence-corrected chi connectivity index (χ0v) is 11.8. The van der Waals surface area contributed by atoms with Crippen LogP contribution in [0.2, 0.25) is 0 Å². The van der Waals surface area contributed by atoms with Gasteiger partial charge in [0.25, 0.3) is 0 Å². The molecule has 17 heavy (non-hydrogen) atoms. The summed E-state index contributed by atoms with van der Waals surface area (Å²) in [6, 6.07) is 0.408. The maximum Gasteiger partial charge on any atom is 0.0795 e. The standard InChI is InChI=1S/C14H24N2S/c1-3-12-4-6-13(7-5-12)8-15-11(2)14-9-17-10-16-14/h9-13,15H,3-8H2,1-2H3. The molecule has 1 aromatic heterocycles. The van der Waals surface area contributed by atoms with Crippen molar-refractivity contribution in [3.05, 3.63) is 16.6 Å². The molecule has 1 fully saturated rings. The lowest BCUT2D eigenvalue weighted by Crippen LogP contribution is -2.28. The van der Waals surface area contributed by atoms with Crippen LogP contribution in [0.5, 0.6) is 0 Å². The fourth-order valence-electron chi connectivity index (χ4n) is 2.73. The minimum absolute atomic E-state index is 0.408. The first-order valence-electron chi connectivity index (χ1n) is 6.91. The molecule has 0 amide bonds. The van der Waals surface area contributed by atoms with E-state index in [-0.39, 0.29) is 0 Å². The second-order valence-corrected chi connectivity index (χ2v) is 6.06. The van der Waals surface area contributed by atoms with Crippen molar-refractivity contribution in [2.75, 3.05) is 6.54 Å². The van der Waals surface area contributed by atoms with Crippen LogP contribution in [-0.4, -0.2) is 11.5 Å². The Hall–Kier alpha value is -0.410. The molecule has 3 heteroatoms. The van der Waals surface area contributed by atoms with E-state index in [4.69, 9.17) is 0 Å². The summed E-state index contributed by atoms with van der Waals surface area (Å²) in [5, 5.41) is 5.78. The van der Waals surface area contributed by atoms with Gasteiger partial charge in [-0.25, -0.2) is 4.98 Å². The molecule has 0 aliphatic heterocycles. The Kier molecular flexibility index (Phi) is 4.99. The number of nitrogens with one attached hydrogen (secondary N) is 1. The zero-order valence-electron chi connectivity index (χ0n) is 11.0. The van der Waals surface area contributed by atoms with Crippen molar-refractivity contribution in [1.82, 2.24) is 10.3 Å². The molecule has 0 bridgehead atoms. The van der Waals surface area contributed by atoms with Gasteiger partial charge < -0.3 is 5.32 Å². The van der Waals surface area contributed by atoms with E-state index in [1.807, 2.05) is 5.51 Å². The van der Waals surface area contributed by atoms with Crippen molar-refractivity contribution in [3.63, 3.8) is 0 Å². The fraction of sp³-hybridized carbons (Fsp3) is 0.786. The van der Waals surface area contributed by atoms with Gasteiger partial charge in [-0.2, -0.15) is 0 Å². The predicted molar refractivity (Wildman–Crippen MR) is 74.3 cm³/mol. The molecule has 1 atom stereocenters. The Labute approximate surface area is 109 Å². The normalized spacial score (nSPS) is 26.9. The largest absolute Gasteiger partial charge is 0.309 e. The van der Waals surface area contributed by atoms with E-state index in [0.29, 0.717) is 6.04 Å². The van der Waals surface area contributed by atoms with Gasteiger partial charge in [0, 0.05) is 11.4 Å². The van der Waals surface area contributed by atoms with Crippen molar-refractivity contribution in [2.24, 2.45) is 11.8 Å². The van der Waals surface area contributed by atoms with Crippen molar-refractivity contribution in [1.29, 1.82) is 0 Å². The maximum atomic E-state index is 4.36. The molecule has 0 aromatic carbocycles. The van der Waals surface area contributed by atoms with Crippen LogP contribution in [-0.2, 0) is 0 Å². The van der Waals surface area contributed by atoms with E-state index in [2.05, 4.69) is 29.5 Å². The lowest BCUT2D eigenvalue weighted by atomic mass is 9.81. The van der Waals surface area contributed by atoms with Crippen LogP contribution >= 0.6 is 11.3 Å². The van der Waals surface area contributed by atoms with Crippen LogP contribution in [0.4, 0.5) is 0 Å². The molecule has 1 N–H and O–H groups in total. The van der Waals surface area contributed by atoms with Gasteiger partial charge in [-0.1, -0.05) is 26.2 Å². The van der Waals surface area contributed by atoms with Crippen molar-refractivity contribution >= 4 is 11.3 Å². The Bertz CT molecular complexity index is 302. The third-order valence-corrected chi connectivity index (χ3v) is 4.76. The number of hydrogen-bond donors (Lipinski definition) is 1. The summed E-state index contributed by atoms with van der Waals surface area (Å²) < 4.78 is 0. The lowest BCUT2D eigenvalue weighted by Gasteiger charge is -2.28. The Balaban J connectivity index is 1.69. The van der Waals surface area contributed by atoms with Crippen LogP contribution in [0.25, 0.3) is 0 Å². The molecule has 96 valence electrons. The summed E-state index contributed by atoms with van der Waals surface area (Å²) in [5.74, 6) is 1.89. The first kappa shape index (κ1) is 13.0. The van der Waals surface area contributed by atoms with Gasteiger partial charge in [-0.05, 0) is 38.1 Å².